The molecule has 3 atom stereocenters. The van der Waals surface area contributed by atoms with Gasteiger partial charge in [-0.2, -0.15) is 0 Å². The molecule has 1 aromatic rings. The van der Waals surface area contributed by atoms with E-state index in [0.717, 1.165) is 23.5 Å². The summed E-state index contributed by atoms with van der Waals surface area (Å²) in [5, 5.41) is 3.02. The first kappa shape index (κ1) is 24.6. The fraction of sp³-hybridized carbons (Fsp3) is 0.789. The molecule has 1 aromatic heterocycles. The van der Waals surface area contributed by atoms with Crippen molar-refractivity contribution in [2.45, 2.75) is 64.6 Å². The first-order valence-corrected chi connectivity index (χ1v) is 10.4. The third kappa shape index (κ3) is 5.80. The van der Waals surface area contributed by atoms with Crippen LogP contribution in [0.2, 0.25) is 0 Å². The van der Waals surface area contributed by atoms with Gasteiger partial charge in [-0.05, 0) is 51.4 Å². The topological polar surface area (TPSA) is 68.5 Å². The van der Waals surface area contributed by atoms with Gasteiger partial charge in [-0.3, -0.25) is 4.79 Å². The fourth-order valence-corrected chi connectivity index (χ4v) is 5.34. The number of carbonyl (C=O) groups excluding carboxylic acids is 1. The molecule has 3 rings (SSSR count). The molecule has 156 valence electrons. The SMILES string of the molecule is CCOC(C)c1nc(CN(C)C(=O)C2CC3CCCC(C2)C3N)cs1.Cl.Cl. The predicted molar refractivity (Wildman–Crippen MR) is 115 cm³/mol. The Morgan fingerprint density at radius 1 is 1.37 bits per heavy atom. The molecule has 3 unspecified atom stereocenters. The lowest BCUT2D eigenvalue weighted by Crippen LogP contribution is -2.49. The fourth-order valence-electron chi connectivity index (χ4n) is 4.53. The van der Waals surface area contributed by atoms with E-state index in [-0.39, 0.29) is 42.7 Å². The highest BCUT2D eigenvalue weighted by atomic mass is 35.5. The van der Waals surface area contributed by atoms with E-state index in [0.29, 0.717) is 31.0 Å². The Morgan fingerprint density at radius 3 is 2.59 bits per heavy atom. The van der Waals surface area contributed by atoms with Gasteiger partial charge in [0.25, 0.3) is 0 Å². The third-order valence-corrected chi connectivity index (χ3v) is 6.93. The van der Waals surface area contributed by atoms with Gasteiger partial charge < -0.3 is 15.4 Å². The second-order valence-electron chi connectivity index (χ2n) is 7.67. The minimum absolute atomic E-state index is 0. The van der Waals surface area contributed by atoms with Crippen molar-refractivity contribution >= 4 is 42.1 Å². The smallest absolute Gasteiger partial charge is 0.225 e. The number of ether oxygens (including phenoxy) is 1. The highest BCUT2D eigenvalue weighted by Gasteiger charge is 2.41. The van der Waals surface area contributed by atoms with E-state index < -0.39 is 0 Å². The largest absolute Gasteiger partial charge is 0.372 e. The molecule has 2 fully saturated rings. The van der Waals surface area contributed by atoms with Gasteiger partial charge in [0.2, 0.25) is 5.91 Å². The molecule has 27 heavy (non-hydrogen) atoms. The Balaban J connectivity index is 0.00000182. The number of carbonyl (C=O) groups is 1. The summed E-state index contributed by atoms with van der Waals surface area (Å²) in [5.74, 6) is 1.47. The quantitative estimate of drug-likeness (QED) is 0.723. The molecule has 2 aliphatic rings. The molecular weight excluding hydrogens is 405 g/mol. The summed E-state index contributed by atoms with van der Waals surface area (Å²) in [6.45, 7) is 5.26. The minimum Gasteiger partial charge on any atom is -0.372 e. The molecule has 1 heterocycles. The first-order chi connectivity index (χ1) is 12.0. The van der Waals surface area contributed by atoms with E-state index in [9.17, 15) is 4.79 Å². The third-order valence-electron chi connectivity index (χ3n) is 5.87. The summed E-state index contributed by atoms with van der Waals surface area (Å²) in [4.78, 5) is 19.4. The summed E-state index contributed by atoms with van der Waals surface area (Å²) in [5.41, 5.74) is 7.31. The maximum Gasteiger partial charge on any atom is 0.225 e. The zero-order valence-corrected chi connectivity index (χ0v) is 18.9. The van der Waals surface area contributed by atoms with Gasteiger partial charge in [0, 0.05) is 31.0 Å². The number of nitrogens with two attached hydrogens (primary N) is 1. The molecule has 0 spiro atoms. The maximum atomic E-state index is 12.9. The average Bonchev–Trinajstić information content (AvgIpc) is 3.02. The molecular formula is C19H33Cl2N3O2S. The van der Waals surface area contributed by atoms with Gasteiger partial charge >= 0.3 is 0 Å². The Labute approximate surface area is 179 Å². The van der Waals surface area contributed by atoms with Gasteiger partial charge in [-0.15, -0.1) is 36.2 Å². The van der Waals surface area contributed by atoms with Crippen LogP contribution in [0, 0.1) is 17.8 Å². The van der Waals surface area contributed by atoms with E-state index in [1.54, 1.807) is 11.3 Å². The summed E-state index contributed by atoms with van der Waals surface area (Å²) in [6.07, 6.45) is 5.60. The molecule has 5 nitrogen and oxygen atoms in total. The summed E-state index contributed by atoms with van der Waals surface area (Å²) in [6, 6.07) is 0.309. The lowest BCUT2D eigenvalue weighted by Gasteiger charge is -2.44. The van der Waals surface area contributed by atoms with Crippen molar-refractivity contribution in [1.29, 1.82) is 0 Å². The lowest BCUT2D eigenvalue weighted by atomic mass is 9.65. The number of halogens is 2. The summed E-state index contributed by atoms with van der Waals surface area (Å²) < 4.78 is 5.60. The number of hydrogen-bond donors (Lipinski definition) is 1. The number of hydrogen-bond acceptors (Lipinski definition) is 5. The van der Waals surface area contributed by atoms with E-state index in [2.05, 4.69) is 4.98 Å². The van der Waals surface area contributed by atoms with Crippen molar-refractivity contribution < 1.29 is 9.53 Å². The van der Waals surface area contributed by atoms with Crippen LogP contribution in [-0.4, -0.2) is 35.5 Å². The molecule has 2 saturated carbocycles. The number of thiazole rings is 1. The van der Waals surface area contributed by atoms with Crippen LogP contribution in [-0.2, 0) is 16.1 Å². The van der Waals surface area contributed by atoms with Crippen LogP contribution in [0.15, 0.2) is 5.38 Å². The Bertz CT molecular complexity index is 587. The van der Waals surface area contributed by atoms with E-state index >= 15 is 0 Å². The van der Waals surface area contributed by atoms with E-state index in [4.69, 9.17) is 10.5 Å². The van der Waals surface area contributed by atoms with Crippen molar-refractivity contribution in [3.63, 3.8) is 0 Å². The second kappa shape index (κ2) is 11.0. The number of amides is 1. The van der Waals surface area contributed by atoms with Crippen LogP contribution in [0.5, 0.6) is 0 Å². The highest BCUT2D eigenvalue weighted by molar-refractivity contribution is 7.09. The average molecular weight is 438 g/mol. The van der Waals surface area contributed by atoms with Gasteiger partial charge in [0.1, 0.15) is 11.1 Å². The molecule has 2 bridgehead atoms. The maximum absolute atomic E-state index is 12.9. The van der Waals surface area contributed by atoms with Gasteiger partial charge in [0.15, 0.2) is 0 Å². The predicted octanol–water partition coefficient (Wildman–Crippen LogP) is 4.20. The van der Waals surface area contributed by atoms with E-state index in [1.165, 1.54) is 19.3 Å². The second-order valence-corrected chi connectivity index (χ2v) is 8.56. The Morgan fingerprint density at radius 2 is 2.00 bits per heavy atom. The van der Waals surface area contributed by atoms with Crippen molar-refractivity contribution in [3.8, 4) is 0 Å². The van der Waals surface area contributed by atoms with Crippen LogP contribution in [0.3, 0.4) is 0 Å². The van der Waals surface area contributed by atoms with Crippen molar-refractivity contribution in [3.05, 3.63) is 16.1 Å². The highest BCUT2D eigenvalue weighted by Crippen LogP contribution is 2.42. The summed E-state index contributed by atoms with van der Waals surface area (Å²) in [7, 11) is 1.90. The molecule has 0 saturated heterocycles. The minimum atomic E-state index is 0. The van der Waals surface area contributed by atoms with Gasteiger partial charge in [0.05, 0.1) is 12.2 Å². The number of rotatable bonds is 6. The zero-order chi connectivity index (χ0) is 18.0. The van der Waals surface area contributed by atoms with E-state index in [1.807, 2.05) is 31.2 Å². The molecule has 2 N–H and O–H groups in total. The van der Waals surface area contributed by atoms with Gasteiger partial charge in [-0.1, -0.05) is 6.42 Å². The zero-order valence-electron chi connectivity index (χ0n) is 16.4. The van der Waals surface area contributed by atoms with Crippen molar-refractivity contribution in [1.82, 2.24) is 9.88 Å². The van der Waals surface area contributed by atoms with Crippen LogP contribution in [0.1, 0.15) is 62.8 Å². The monoisotopic (exact) mass is 437 g/mol. The standard InChI is InChI=1S/C19H31N3O2S.2ClH/c1-4-24-12(2)18-21-16(11-25-18)10-22(3)19(23)15-8-13-6-5-7-14(9-15)17(13)20;;/h11-15,17H,4-10,20H2,1-3H3;2*1H. The number of aromatic nitrogens is 1. The van der Waals surface area contributed by atoms with Crippen LogP contribution in [0.25, 0.3) is 0 Å². The normalized spacial score (nSPS) is 27.9. The molecule has 8 heteroatoms. The lowest BCUT2D eigenvalue weighted by molar-refractivity contribution is -0.137. The summed E-state index contributed by atoms with van der Waals surface area (Å²) >= 11 is 1.61. The molecule has 2 aliphatic carbocycles. The molecule has 1 amide bonds. The Hall–Kier alpha value is -0.400. The van der Waals surface area contributed by atoms with Crippen molar-refractivity contribution in [2.24, 2.45) is 23.5 Å². The van der Waals surface area contributed by atoms with Crippen LogP contribution in [0.4, 0.5) is 0 Å². The first-order valence-electron chi connectivity index (χ1n) is 9.56. The molecule has 0 radical (unpaired) electrons. The number of fused-ring (bicyclic) bond motifs is 2. The van der Waals surface area contributed by atoms with Crippen molar-refractivity contribution in [2.75, 3.05) is 13.7 Å². The van der Waals surface area contributed by atoms with Gasteiger partial charge in [-0.25, -0.2) is 4.98 Å². The number of nitrogens with zero attached hydrogens (tertiary/aromatic N) is 2. The Kier molecular flexibility index (Phi) is 10.00. The molecule has 0 aliphatic heterocycles. The van der Waals surface area contributed by atoms with Crippen LogP contribution < -0.4 is 5.73 Å². The van der Waals surface area contributed by atoms with Crippen LogP contribution >= 0.6 is 36.2 Å². The molecule has 0 aromatic carbocycles.